The van der Waals surface area contributed by atoms with Gasteiger partial charge >= 0.3 is 0 Å². The molecule has 0 spiro atoms. The predicted octanol–water partition coefficient (Wildman–Crippen LogP) is 2.97. The van der Waals surface area contributed by atoms with Gasteiger partial charge in [0.1, 0.15) is 0 Å². The standard InChI is InChI=1S/C19H29N3O/c1-5-22(6-2)9-7-8-20-13-16-12-17-15(4)10-14(3)11-18(17)21-19(16)23/h10-12,20H,5-9,13H2,1-4H3,(H,21,23). The van der Waals surface area contributed by atoms with Crippen LogP contribution in [0.1, 0.15) is 37.0 Å². The molecule has 1 heterocycles. The van der Waals surface area contributed by atoms with E-state index >= 15 is 0 Å². The second kappa shape index (κ2) is 8.27. The number of benzene rings is 1. The van der Waals surface area contributed by atoms with Crippen LogP contribution in [0.5, 0.6) is 0 Å². The zero-order valence-corrected chi connectivity index (χ0v) is 14.8. The Balaban J connectivity index is 1.98. The van der Waals surface area contributed by atoms with Crippen LogP contribution in [0.4, 0.5) is 0 Å². The molecule has 0 radical (unpaired) electrons. The Morgan fingerprint density at radius 2 is 1.87 bits per heavy atom. The van der Waals surface area contributed by atoms with Crippen LogP contribution < -0.4 is 10.9 Å². The summed E-state index contributed by atoms with van der Waals surface area (Å²) in [5.41, 5.74) is 4.13. The molecule has 126 valence electrons. The number of nitrogens with zero attached hydrogens (tertiary/aromatic N) is 1. The van der Waals surface area contributed by atoms with Crippen molar-refractivity contribution in [1.29, 1.82) is 0 Å². The summed E-state index contributed by atoms with van der Waals surface area (Å²) in [6, 6.07) is 6.22. The second-order valence-corrected chi connectivity index (χ2v) is 6.22. The number of hydrogen-bond donors (Lipinski definition) is 2. The van der Waals surface area contributed by atoms with Crippen LogP contribution in [0.15, 0.2) is 23.0 Å². The minimum Gasteiger partial charge on any atom is -0.322 e. The molecule has 4 heteroatoms. The van der Waals surface area contributed by atoms with Crippen molar-refractivity contribution in [3.63, 3.8) is 0 Å². The molecule has 0 aliphatic rings. The first-order chi connectivity index (χ1) is 11.0. The predicted molar refractivity (Wildman–Crippen MR) is 98.2 cm³/mol. The number of rotatable bonds is 8. The highest BCUT2D eigenvalue weighted by Gasteiger charge is 2.06. The number of aromatic nitrogens is 1. The molecule has 2 aromatic rings. The molecule has 0 saturated carbocycles. The van der Waals surface area contributed by atoms with Crippen LogP contribution in [0.25, 0.3) is 10.9 Å². The highest BCUT2D eigenvalue weighted by Crippen LogP contribution is 2.18. The largest absolute Gasteiger partial charge is 0.322 e. The molecule has 0 amide bonds. The number of fused-ring (bicyclic) bond motifs is 1. The third-order valence-corrected chi connectivity index (χ3v) is 4.43. The van der Waals surface area contributed by atoms with Crippen molar-refractivity contribution in [2.24, 2.45) is 0 Å². The molecule has 0 aliphatic carbocycles. The third-order valence-electron chi connectivity index (χ3n) is 4.43. The van der Waals surface area contributed by atoms with Crippen molar-refractivity contribution in [3.05, 3.63) is 45.2 Å². The minimum absolute atomic E-state index is 0.0127. The van der Waals surface area contributed by atoms with E-state index in [0.29, 0.717) is 6.54 Å². The van der Waals surface area contributed by atoms with Crippen molar-refractivity contribution in [3.8, 4) is 0 Å². The third kappa shape index (κ3) is 4.66. The van der Waals surface area contributed by atoms with Crippen molar-refractivity contribution in [2.45, 2.75) is 40.7 Å². The maximum absolute atomic E-state index is 12.2. The average Bonchev–Trinajstić information content (AvgIpc) is 2.51. The van der Waals surface area contributed by atoms with E-state index < -0.39 is 0 Å². The second-order valence-electron chi connectivity index (χ2n) is 6.22. The first kappa shape index (κ1) is 17.7. The van der Waals surface area contributed by atoms with Crippen molar-refractivity contribution in [2.75, 3.05) is 26.2 Å². The molecular formula is C19H29N3O. The molecule has 0 unspecified atom stereocenters. The first-order valence-corrected chi connectivity index (χ1v) is 8.61. The molecule has 0 saturated heterocycles. The number of H-pyrrole nitrogens is 1. The summed E-state index contributed by atoms with van der Waals surface area (Å²) in [5.74, 6) is 0. The smallest absolute Gasteiger partial charge is 0.252 e. The quantitative estimate of drug-likeness (QED) is 0.736. The van der Waals surface area contributed by atoms with Gasteiger partial charge in [0.25, 0.3) is 5.56 Å². The van der Waals surface area contributed by atoms with Crippen LogP contribution in [0.2, 0.25) is 0 Å². The van der Waals surface area contributed by atoms with Crippen LogP contribution in [-0.2, 0) is 6.54 Å². The molecule has 1 aromatic carbocycles. The first-order valence-electron chi connectivity index (χ1n) is 8.61. The molecular weight excluding hydrogens is 286 g/mol. The lowest BCUT2D eigenvalue weighted by atomic mass is 10.0. The van der Waals surface area contributed by atoms with E-state index in [1.165, 1.54) is 11.1 Å². The molecule has 0 atom stereocenters. The summed E-state index contributed by atoms with van der Waals surface area (Å²) >= 11 is 0. The summed E-state index contributed by atoms with van der Waals surface area (Å²) in [4.78, 5) is 17.6. The van der Waals surface area contributed by atoms with Gasteiger partial charge in [-0.3, -0.25) is 4.79 Å². The van der Waals surface area contributed by atoms with Crippen LogP contribution in [-0.4, -0.2) is 36.1 Å². The molecule has 0 bridgehead atoms. The van der Waals surface area contributed by atoms with Crippen molar-refractivity contribution in [1.82, 2.24) is 15.2 Å². The van der Waals surface area contributed by atoms with Gasteiger partial charge in [-0.2, -0.15) is 0 Å². The van der Waals surface area contributed by atoms with E-state index in [1.807, 2.05) is 12.1 Å². The van der Waals surface area contributed by atoms with Gasteiger partial charge < -0.3 is 15.2 Å². The highest BCUT2D eigenvalue weighted by atomic mass is 16.1. The van der Waals surface area contributed by atoms with Gasteiger partial charge in [-0.1, -0.05) is 19.9 Å². The Morgan fingerprint density at radius 1 is 1.13 bits per heavy atom. The fourth-order valence-electron chi connectivity index (χ4n) is 3.04. The van der Waals surface area contributed by atoms with E-state index in [9.17, 15) is 4.79 Å². The fraction of sp³-hybridized carbons (Fsp3) is 0.526. The number of aromatic amines is 1. The summed E-state index contributed by atoms with van der Waals surface area (Å²) in [5, 5.41) is 4.53. The molecule has 2 N–H and O–H groups in total. The van der Waals surface area contributed by atoms with E-state index in [0.717, 1.165) is 49.1 Å². The molecule has 23 heavy (non-hydrogen) atoms. The van der Waals surface area contributed by atoms with Crippen LogP contribution in [0, 0.1) is 13.8 Å². The monoisotopic (exact) mass is 315 g/mol. The van der Waals surface area contributed by atoms with Gasteiger partial charge in [-0.15, -0.1) is 0 Å². The molecule has 0 fully saturated rings. The Morgan fingerprint density at radius 3 is 2.57 bits per heavy atom. The number of pyridine rings is 1. The Kier molecular flexibility index (Phi) is 6.37. The lowest BCUT2D eigenvalue weighted by molar-refractivity contribution is 0.298. The maximum atomic E-state index is 12.2. The minimum atomic E-state index is 0.0127. The molecule has 4 nitrogen and oxygen atoms in total. The van der Waals surface area contributed by atoms with Crippen LogP contribution in [0.3, 0.4) is 0 Å². The van der Waals surface area contributed by atoms with Crippen LogP contribution >= 0.6 is 0 Å². The van der Waals surface area contributed by atoms with E-state index in [4.69, 9.17) is 0 Å². The molecule has 2 rings (SSSR count). The lowest BCUT2D eigenvalue weighted by Gasteiger charge is -2.17. The lowest BCUT2D eigenvalue weighted by Crippen LogP contribution is -2.28. The zero-order valence-electron chi connectivity index (χ0n) is 14.8. The number of nitrogens with one attached hydrogen (secondary N) is 2. The van der Waals surface area contributed by atoms with Gasteiger partial charge in [0.2, 0.25) is 0 Å². The Hall–Kier alpha value is -1.65. The summed E-state index contributed by atoms with van der Waals surface area (Å²) in [6.07, 6.45) is 1.10. The van der Waals surface area contributed by atoms with E-state index in [1.54, 1.807) is 0 Å². The van der Waals surface area contributed by atoms with Gasteiger partial charge in [0, 0.05) is 23.0 Å². The van der Waals surface area contributed by atoms with E-state index in [-0.39, 0.29) is 5.56 Å². The van der Waals surface area contributed by atoms with Gasteiger partial charge in [-0.05, 0) is 69.7 Å². The topological polar surface area (TPSA) is 48.1 Å². The SMILES string of the molecule is CCN(CC)CCCNCc1cc2c(C)cc(C)cc2[nH]c1=O. The van der Waals surface area contributed by atoms with Crippen molar-refractivity contribution >= 4 is 10.9 Å². The van der Waals surface area contributed by atoms with Gasteiger partial charge in [0.15, 0.2) is 0 Å². The average molecular weight is 315 g/mol. The summed E-state index contributed by atoms with van der Waals surface area (Å²) < 4.78 is 0. The van der Waals surface area contributed by atoms with Crippen molar-refractivity contribution < 1.29 is 0 Å². The van der Waals surface area contributed by atoms with Gasteiger partial charge in [-0.25, -0.2) is 0 Å². The Bertz CT molecular complexity index is 702. The van der Waals surface area contributed by atoms with Gasteiger partial charge in [0.05, 0.1) is 0 Å². The highest BCUT2D eigenvalue weighted by molar-refractivity contribution is 5.83. The fourth-order valence-corrected chi connectivity index (χ4v) is 3.04. The normalized spacial score (nSPS) is 11.5. The summed E-state index contributed by atoms with van der Waals surface area (Å²) in [7, 11) is 0. The summed E-state index contributed by atoms with van der Waals surface area (Å²) in [6.45, 7) is 13.4. The molecule has 0 aliphatic heterocycles. The Labute approximate surface area is 138 Å². The maximum Gasteiger partial charge on any atom is 0.252 e. The zero-order chi connectivity index (χ0) is 16.8. The van der Waals surface area contributed by atoms with E-state index in [2.05, 4.69) is 49.0 Å². The number of aryl methyl sites for hydroxylation is 2. The number of hydrogen-bond acceptors (Lipinski definition) is 3. The molecule has 1 aromatic heterocycles.